The summed E-state index contributed by atoms with van der Waals surface area (Å²) in [6.45, 7) is 0.158. The summed E-state index contributed by atoms with van der Waals surface area (Å²) in [5.74, 6) is -1.70. The van der Waals surface area contributed by atoms with Crippen molar-refractivity contribution in [2.45, 2.75) is 13.0 Å². The van der Waals surface area contributed by atoms with Crippen molar-refractivity contribution in [3.05, 3.63) is 54.4 Å². The van der Waals surface area contributed by atoms with Gasteiger partial charge in [-0.05, 0) is 36.4 Å². The van der Waals surface area contributed by atoms with Crippen LogP contribution in [-0.4, -0.2) is 34.0 Å². The van der Waals surface area contributed by atoms with Crippen molar-refractivity contribution in [1.29, 1.82) is 0 Å². The molecule has 2 rings (SSSR count). The van der Waals surface area contributed by atoms with E-state index in [4.69, 9.17) is 5.11 Å². The van der Waals surface area contributed by atoms with Gasteiger partial charge in [-0.25, -0.2) is 0 Å². The third kappa shape index (κ3) is 5.31. The second-order valence-electron chi connectivity index (χ2n) is 4.87. The van der Waals surface area contributed by atoms with Crippen LogP contribution in [0.5, 0.6) is 0 Å². The first kappa shape index (κ1) is 16.3. The van der Waals surface area contributed by atoms with Crippen molar-refractivity contribution >= 4 is 23.5 Å². The molecular weight excluding hydrogens is 298 g/mol. The topological polar surface area (TPSA) is 100 Å². The molecule has 23 heavy (non-hydrogen) atoms. The third-order valence-electron chi connectivity index (χ3n) is 3.09. The van der Waals surface area contributed by atoms with Gasteiger partial charge in [0.05, 0.1) is 0 Å². The van der Waals surface area contributed by atoms with E-state index < -0.39 is 18.4 Å². The van der Waals surface area contributed by atoms with Gasteiger partial charge in [0.2, 0.25) is 5.91 Å². The van der Waals surface area contributed by atoms with Crippen LogP contribution in [-0.2, 0) is 16.1 Å². The number of carbonyl (C=O) groups excluding carboxylic acids is 2. The molecule has 1 aromatic heterocycles. The molecule has 2 amide bonds. The first-order valence-electron chi connectivity index (χ1n) is 7.05. The number of aliphatic carboxylic acids is 1. The second-order valence-corrected chi connectivity index (χ2v) is 4.87. The van der Waals surface area contributed by atoms with E-state index >= 15 is 0 Å². The van der Waals surface area contributed by atoms with E-state index in [2.05, 4.69) is 10.6 Å². The van der Waals surface area contributed by atoms with E-state index in [0.717, 1.165) is 0 Å². The minimum Gasteiger partial charge on any atom is -0.480 e. The molecule has 7 nitrogen and oxygen atoms in total. The van der Waals surface area contributed by atoms with Gasteiger partial charge in [-0.2, -0.15) is 0 Å². The minimum atomic E-state index is -1.11. The van der Waals surface area contributed by atoms with Gasteiger partial charge >= 0.3 is 5.97 Å². The number of carboxylic acid groups (broad SMARTS) is 1. The van der Waals surface area contributed by atoms with Gasteiger partial charge in [-0.3, -0.25) is 14.4 Å². The molecule has 0 aliphatic rings. The molecule has 0 aliphatic carbocycles. The zero-order valence-corrected chi connectivity index (χ0v) is 12.4. The number of amides is 2. The smallest absolute Gasteiger partial charge is 0.322 e. The molecule has 0 atom stereocenters. The van der Waals surface area contributed by atoms with E-state index in [1.165, 1.54) is 12.1 Å². The highest BCUT2D eigenvalue weighted by Gasteiger charge is 2.08. The molecule has 0 saturated heterocycles. The highest BCUT2D eigenvalue weighted by atomic mass is 16.4. The lowest BCUT2D eigenvalue weighted by Gasteiger charge is -2.07. The molecule has 0 radical (unpaired) electrons. The van der Waals surface area contributed by atoms with Gasteiger partial charge in [-0.1, -0.05) is 0 Å². The Balaban J connectivity index is 1.83. The van der Waals surface area contributed by atoms with E-state index in [0.29, 0.717) is 24.2 Å². The van der Waals surface area contributed by atoms with Crippen LogP contribution in [0.4, 0.5) is 5.69 Å². The molecule has 3 N–H and O–H groups in total. The van der Waals surface area contributed by atoms with Crippen LogP contribution in [0.25, 0.3) is 0 Å². The molecular formula is C16H17N3O4. The van der Waals surface area contributed by atoms with Crippen LogP contribution < -0.4 is 10.6 Å². The standard InChI is InChI=1S/C16H17N3O4/c20-14(7-10-19-8-1-2-9-19)18-13-5-3-12(4-6-13)16(23)17-11-15(21)22/h1-6,8-9H,7,10-11H2,(H,17,23)(H,18,20)(H,21,22). The normalized spacial score (nSPS) is 10.1. The number of anilines is 1. The van der Waals surface area contributed by atoms with Crippen molar-refractivity contribution < 1.29 is 19.5 Å². The fraction of sp³-hybridized carbons (Fsp3) is 0.188. The fourth-order valence-corrected chi connectivity index (χ4v) is 1.94. The fourth-order valence-electron chi connectivity index (χ4n) is 1.94. The Morgan fingerprint density at radius 3 is 2.30 bits per heavy atom. The van der Waals surface area contributed by atoms with Crippen LogP contribution in [0.2, 0.25) is 0 Å². The van der Waals surface area contributed by atoms with Gasteiger partial charge in [0.1, 0.15) is 6.54 Å². The van der Waals surface area contributed by atoms with Crippen molar-refractivity contribution in [2.24, 2.45) is 0 Å². The summed E-state index contributed by atoms with van der Waals surface area (Å²) in [6, 6.07) is 10.0. The largest absolute Gasteiger partial charge is 0.480 e. The minimum absolute atomic E-state index is 0.123. The average molecular weight is 315 g/mol. The zero-order chi connectivity index (χ0) is 16.7. The lowest BCUT2D eigenvalue weighted by molar-refractivity contribution is -0.135. The van der Waals surface area contributed by atoms with Gasteiger partial charge < -0.3 is 20.3 Å². The molecule has 1 heterocycles. The molecule has 0 fully saturated rings. The number of rotatable bonds is 7. The summed E-state index contributed by atoms with van der Waals surface area (Å²) >= 11 is 0. The molecule has 7 heteroatoms. The highest BCUT2D eigenvalue weighted by Crippen LogP contribution is 2.10. The number of aryl methyl sites for hydroxylation is 1. The van der Waals surface area contributed by atoms with Crippen LogP contribution in [0.15, 0.2) is 48.8 Å². The second kappa shape index (κ2) is 7.79. The maximum absolute atomic E-state index is 11.8. The van der Waals surface area contributed by atoms with Crippen LogP contribution in [0.3, 0.4) is 0 Å². The Kier molecular flexibility index (Phi) is 5.51. The number of aromatic nitrogens is 1. The number of hydrogen-bond donors (Lipinski definition) is 3. The van der Waals surface area contributed by atoms with Gasteiger partial charge in [0.15, 0.2) is 0 Å². The van der Waals surface area contributed by atoms with E-state index in [1.54, 1.807) is 12.1 Å². The first-order chi connectivity index (χ1) is 11.0. The van der Waals surface area contributed by atoms with Crippen molar-refractivity contribution in [3.8, 4) is 0 Å². The molecule has 2 aromatic rings. The van der Waals surface area contributed by atoms with Crippen molar-refractivity contribution in [3.63, 3.8) is 0 Å². The van der Waals surface area contributed by atoms with Gasteiger partial charge in [0, 0.05) is 36.6 Å². The molecule has 120 valence electrons. The predicted octanol–water partition coefficient (Wildman–Crippen LogP) is 1.33. The number of nitrogens with one attached hydrogen (secondary N) is 2. The van der Waals surface area contributed by atoms with E-state index in [-0.39, 0.29) is 5.91 Å². The summed E-state index contributed by atoms with van der Waals surface area (Å²) in [5.41, 5.74) is 0.911. The number of carbonyl (C=O) groups is 3. The van der Waals surface area contributed by atoms with Crippen molar-refractivity contribution in [2.75, 3.05) is 11.9 Å². The lowest BCUT2D eigenvalue weighted by atomic mass is 10.2. The summed E-state index contributed by atoms with van der Waals surface area (Å²) < 4.78 is 1.91. The van der Waals surface area contributed by atoms with Crippen LogP contribution >= 0.6 is 0 Å². The molecule has 1 aromatic carbocycles. The van der Waals surface area contributed by atoms with Crippen LogP contribution in [0.1, 0.15) is 16.8 Å². The molecule has 0 saturated carbocycles. The molecule has 0 spiro atoms. The quantitative estimate of drug-likeness (QED) is 0.717. The maximum Gasteiger partial charge on any atom is 0.322 e. The number of carboxylic acids is 1. The highest BCUT2D eigenvalue weighted by molar-refractivity contribution is 5.97. The Labute approximate surface area is 132 Å². The number of benzene rings is 1. The summed E-state index contributed by atoms with van der Waals surface area (Å²) in [4.78, 5) is 33.9. The maximum atomic E-state index is 11.8. The number of hydrogen-bond acceptors (Lipinski definition) is 3. The summed E-state index contributed by atoms with van der Waals surface area (Å²) in [6.07, 6.45) is 4.12. The Hall–Kier alpha value is -3.09. The van der Waals surface area contributed by atoms with Gasteiger partial charge in [0.25, 0.3) is 5.91 Å². The summed E-state index contributed by atoms with van der Waals surface area (Å²) in [7, 11) is 0. The average Bonchev–Trinajstić information content (AvgIpc) is 3.05. The van der Waals surface area contributed by atoms with E-state index in [1.807, 2.05) is 29.1 Å². The Bertz CT molecular complexity index is 678. The van der Waals surface area contributed by atoms with Gasteiger partial charge in [-0.15, -0.1) is 0 Å². The Morgan fingerprint density at radius 1 is 1.04 bits per heavy atom. The van der Waals surface area contributed by atoms with E-state index in [9.17, 15) is 14.4 Å². The predicted molar refractivity (Wildman–Crippen MR) is 84.1 cm³/mol. The molecule has 0 bridgehead atoms. The lowest BCUT2D eigenvalue weighted by Crippen LogP contribution is -2.29. The molecule has 0 aliphatic heterocycles. The molecule has 0 unspecified atom stereocenters. The SMILES string of the molecule is O=C(O)CNC(=O)c1ccc(NC(=O)CCn2cccc2)cc1. The zero-order valence-electron chi connectivity index (χ0n) is 12.4. The van der Waals surface area contributed by atoms with Crippen molar-refractivity contribution in [1.82, 2.24) is 9.88 Å². The monoisotopic (exact) mass is 315 g/mol. The Morgan fingerprint density at radius 2 is 1.70 bits per heavy atom. The van der Waals surface area contributed by atoms with Crippen LogP contribution in [0, 0.1) is 0 Å². The first-order valence-corrected chi connectivity index (χ1v) is 7.05. The third-order valence-corrected chi connectivity index (χ3v) is 3.09. The number of nitrogens with zero attached hydrogens (tertiary/aromatic N) is 1. The summed E-state index contributed by atoms with van der Waals surface area (Å²) in [5, 5.41) is 13.5.